The first-order valence-corrected chi connectivity index (χ1v) is 5.64. The van der Waals surface area contributed by atoms with Gasteiger partial charge in [-0.25, -0.2) is 14.0 Å². The summed E-state index contributed by atoms with van der Waals surface area (Å²) in [4.78, 5) is 32.7. The van der Waals surface area contributed by atoms with Crippen LogP contribution in [0.3, 0.4) is 0 Å². The van der Waals surface area contributed by atoms with E-state index >= 15 is 0 Å². The molecule has 1 aromatic carbocycles. The lowest BCUT2D eigenvalue weighted by Crippen LogP contribution is -2.44. The summed E-state index contributed by atoms with van der Waals surface area (Å²) < 4.78 is 13.3. The van der Waals surface area contributed by atoms with E-state index in [1.54, 1.807) is 0 Å². The molecule has 0 aromatic heterocycles. The molecule has 0 saturated heterocycles. The van der Waals surface area contributed by atoms with Gasteiger partial charge in [-0.1, -0.05) is 11.6 Å². The minimum Gasteiger partial charge on any atom is -0.481 e. The van der Waals surface area contributed by atoms with Crippen molar-refractivity contribution in [1.82, 2.24) is 5.32 Å². The zero-order valence-corrected chi connectivity index (χ0v) is 10.6. The monoisotopic (exact) mass is 304 g/mol. The number of urea groups is 1. The number of aliphatic carboxylic acids is 2. The summed E-state index contributed by atoms with van der Waals surface area (Å²) in [6, 6.07) is 0.729. The molecule has 1 unspecified atom stereocenters. The average Bonchev–Trinajstić information content (AvgIpc) is 2.32. The molecule has 0 heterocycles. The molecule has 2 amide bonds. The van der Waals surface area contributed by atoms with Gasteiger partial charge in [0.15, 0.2) is 0 Å². The summed E-state index contributed by atoms with van der Waals surface area (Å²) in [5, 5.41) is 21.4. The van der Waals surface area contributed by atoms with Crippen LogP contribution in [0, 0.1) is 5.82 Å². The molecule has 0 radical (unpaired) electrons. The van der Waals surface area contributed by atoms with Crippen LogP contribution >= 0.6 is 11.6 Å². The van der Waals surface area contributed by atoms with Crippen LogP contribution < -0.4 is 10.6 Å². The molecule has 0 aliphatic heterocycles. The highest BCUT2D eigenvalue weighted by molar-refractivity contribution is 6.30. The van der Waals surface area contributed by atoms with Crippen molar-refractivity contribution >= 4 is 35.3 Å². The standard InChI is InChI=1S/C11H10ClFN2O5/c12-5-1-2-6(13)7(3-5)14-11(20)15-8(10(18)19)4-9(16)17/h1-3,8H,4H2,(H,16,17)(H,18,19)(H2,14,15,20). The molecule has 0 aliphatic carbocycles. The van der Waals surface area contributed by atoms with E-state index in [1.807, 2.05) is 10.6 Å². The topological polar surface area (TPSA) is 116 Å². The Morgan fingerprint density at radius 3 is 2.50 bits per heavy atom. The molecule has 0 bridgehead atoms. The average molecular weight is 305 g/mol. The highest BCUT2D eigenvalue weighted by Crippen LogP contribution is 2.19. The Hall–Kier alpha value is -2.35. The zero-order chi connectivity index (χ0) is 15.3. The van der Waals surface area contributed by atoms with Crippen molar-refractivity contribution in [3.05, 3.63) is 29.0 Å². The Morgan fingerprint density at radius 2 is 1.95 bits per heavy atom. The molecule has 7 nitrogen and oxygen atoms in total. The molecule has 0 fully saturated rings. The maximum Gasteiger partial charge on any atom is 0.326 e. The molecule has 0 spiro atoms. The number of benzene rings is 1. The molecule has 1 atom stereocenters. The number of rotatable bonds is 5. The Labute approximate surface area is 117 Å². The quantitative estimate of drug-likeness (QED) is 0.658. The fraction of sp³-hybridized carbons (Fsp3) is 0.182. The van der Waals surface area contributed by atoms with Crippen molar-refractivity contribution in [2.75, 3.05) is 5.32 Å². The third-order valence-corrected chi connectivity index (χ3v) is 2.39. The fourth-order valence-corrected chi connectivity index (χ4v) is 1.46. The molecular formula is C11H10ClFN2O5. The Bertz CT molecular complexity index is 552. The Morgan fingerprint density at radius 1 is 1.30 bits per heavy atom. The number of anilines is 1. The fourth-order valence-electron chi connectivity index (χ4n) is 1.28. The Kier molecular flexibility index (Phi) is 5.27. The van der Waals surface area contributed by atoms with Gasteiger partial charge in [0.1, 0.15) is 11.9 Å². The largest absolute Gasteiger partial charge is 0.481 e. The normalized spacial score (nSPS) is 11.5. The van der Waals surface area contributed by atoms with E-state index in [4.69, 9.17) is 21.8 Å². The number of hydrogen-bond acceptors (Lipinski definition) is 3. The lowest BCUT2D eigenvalue weighted by Gasteiger charge is -2.13. The van der Waals surface area contributed by atoms with Crippen molar-refractivity contribution in [3.63, 3.8) is 0 Å². The van der Waals surface area contributed by atoms with Crippen molar-refractivity contribution < 1.29 is 29.0 Å². The van der Waals surface area contributed by atoms with Crippen LogP contribution in [0.1, 0.15) is 6.42 Å². The van der Waals surface area contributed by atoms with E-state index in [9.17, 15) is 18.8 Å². The van der Waals surface area contributed by atoms with E-state index in [0.29, 0.717) is 0 Å². The molecule has 108 valence electrons. The number of halogens is 2. The van der Waals surface area contributed by atoms with E-state index in [1.165, 1.54) is 6.07 Å². The summed E-state index contributed by atoms with van der Waals surface area (Å²) in [6.07, 6.45) is -0.805. The molecule has 1 rings (SSSR count). The first-order valence-electron chi connectivity index (χ1n) is 5.26. The number of hydrogen-bond donors (Lipinski definition) is 4. The number of carbonyl (C=O) groups excluding carboxylic acids is 1. The minimum atomic E-state index is -1.63. The second-order valence-corrected chi connectivity index (χ2v) is 4.15. The van der Waals surface area contributed by atoms with Crippen molar-refractivity contribution in [2.45, 2.75) is 12.5 Å². The van der Waals surface area contributed by atoms with E-state index in [2.05, 4.69) is 0 Å². The van der Waals surface area contributed by atoms with Gasteiger partial charge in [-0.15, -0.1) is 0 Å². The maximum absolute atomic E-state index is 13.3. The number of carboxylic acids is 2. The lowest BCUT2D eigenvalue weighted by molar-refractivity contribution is -0.145. The molecule has 0 aliphatic rings. The summed E-state index contributed by atoms with van der Waals surface area (Å²) >= 11 is 5.62. The predicted molar refractivity (Wildman–Crippen MR) is 67.2 cm³/mol. The number of carbonyl (C=O) groups is 3. The molecular weight excluding hydrogens is 295 g/mol. The van der Waals surface area contributed by atoms with Crippen LogP contribution in [0.15, 0.2) is 18.2 Å². The zero-order valence-electron chi connectivity index (χ0n) is 9.89. The van der Waals surface area contributed by atoms with Gasteiger partial charge in [0.05, 0.1) is 12.1 Å². The van der Waals surface area contributed by atoms with Crippen LogP contribution in [-0.2, 0) is 9.59 Å². The second-order valence-electron chi connectivity index (χ2n) is 3.71. The van der Waals surface area contributed by atoms with E-state index in [0.717, 1.165) is 12.1 Å². The van der Waals surface area contributed by atoms with Gasteiger partial charge in [-0.05, 0) is 18.2 Å². The van der Waals surface area contributed by atoms with Gasteiger partial charge in [0, 0.05) is 5.02 Å². The summed E-state index contributed by atoms with van der Waals surface area (Å²) in [5.41, 5.74) is -0.255. The summed E-state index contributed by atoms with van der Waals surface area (Å²) in [5.74, 6) is -3.68. The predicted octanol–water partition coefficient (Wildman–Crippen LogP) is 1.53. The van der Waals surface area contributed by atoms with E-state index < -0.39 is 36.2 Å². The SMILES string of the molecule is O=C(O)CC(NC(=O)Nc1cc(Cl)ccc1F)C(=O)O. The van der Waals surface area contributed by atoms with Gasteiger partial charge in [0.2, 0.25) is 0 Å². The van der Waals surface area contributed by atoms with Crippen molar-refractivity contribution in [2.24, 2.45) is 0 Å². The highest BCUT2D eigenvalue weighted by Gasteiger charge is 2.23. The van der Waals surface area contributed by atoms with Crippen molar-refractivity contribution in [3.8, 4) is 0 Å². The third-order valence-electron chi connectivity index (χ3n) is 2.16. The first kappa shape index (κ1) is 15.7. The minimum absolute atomic E-state index is 0.169. The molecule has 4 N–H and O–H groups in total. The highest BCUT2D eigenvalue weighted by atomic mass is 35.5. The number of amides is 2. The van der Waals surface area contributed by atoms with Gasteiger partial charge in [-0.2, -0.15) is 0 Å². The smallest absolute Gasteiger partial charge is 0.326 e. The Balaban J connectivity index is 2.72. The van der Waals surface area contributed by atoms with Crippen LogP contribution in [0.2, 0.25) is 5.02 Å². The molecule has 9 heteroatoms. The molecule has 20 heavy (non-hydrogen) atoms. The van der Waals surface area contributed by atoms with Gasteiger partial charge in [0.25, 0.3) is 0 Å². The maximum atomic E-state index is 13.3. The van der Waals surface area contributed by atoms with Crippen molar-refractivity contribution in [1.29, 1.82) is 0 Å². The van der Waals surface area contributed by atoms with Crippen LogP contribution in [0.25, 0.3) is 0 Å². The van der Waals surface area contributed by atoms with Gasteiger partial charge in [-0.3, -0.25) is 4.79 Å². The van der Waals surface area contributed by atoms with Gasteiger partial charge < -0.3 is 20.8 Å². The molecule has 1 aromatic rings. The van der Waals surface area contributed by atoms with Crippen LogP contribution in [0.4, 0.5) is 14.9 Å². The summed E-state index contributed by atoms with van der Waals surface area (Å²) in [6.45, 7) is 0. The van der Waals surface area contributed by atoms with Crippen LogP contribution in [-0.4, -0.2) is 34.2 Å². The third kappa shape index (κ3) is 4.73. The first-order chi connectivity index (χ1) is 9.29. The van der Waals surface area contributed by atoms with E-state index in [-0.39, 0.29) is 10.7 Å². The van der Waals surface area contributed by atoms with Gasteiger partial charge >= 0.3 is 18.0 Å². The number of carboxylic acid groups (broad SMARTS) is 2. The lowest BCUT2D eigenvalue weighted by atomic mass is 10.2. The summed E-state index contributed by atoms with van der Waals surface area (Å²) in [7, 11) is 0. The number of nitrogens with one attached hydrogen (secondary N) is 2. The molecule has 0 saturated carbocycles. The van der Waals surface area contributed by atoms with Crippen LogP contribution in [0.5, 0.6) is 0 Å². The second kappa shape index (κ2) is 6.71.